The van der Waals surface area contributed by atoms with Crippen LogP contribution >= 0.6 is 0 Å². The molecule has 4 aliphatic rings. The Hall–Kier alpha value is -11.5. The molecule has 2 aromatic heterocycles. The molecule has 8 atom stereocenters. The highest BCUT2D eigenvalue weighted by molar-refractivity contribution is 5.93. The number of likely N-dealkylation sites (tertiary alicyclic amines) is 2. The molecule has 0 radical (unpaired) electrons. The molecule has 12 rings (SSSR count). The van der Waals surface area contributed by atoms with Crippen molar-refractivity contribution in [2.24, 2.45) is 0 Å². The Morgan fingerprint density at radius 1 is 0.490 bits per heavy atom. The first-order valence-electron chi connectivity index (χ1n) is 35.0. The fourth-order valence-electron chi connectivity index (χ4n) is 13.7. The summed E-state index contributed by atoms with van der Waals surface area (Å²) in [5.41, 5.74) is 10.3. The van der Waals surface area contributed by atoms with Gasteiger partial charge in [-0.2, -0.15) is 9.36 Å². The molecule has 0 spiro atoms. The molecule has 2 fully saturated rings. The Morgan fingerprint density at radius 2 is 0.837 bits per heavy atom. The number of likely N-dealkylation sites (N-methyl/N-ethyl adjacent to an activating group) is 2. The van der Waals surface area contributed by atoms with Crippen molar-refractivity contribution in [2.45, 2.75) is 140 Å². The average Bonchev–Trinajstić information content (AvgIpc) is 1.62. The van der Waals surface area contributed by atoms with Gasteiger partial charge >= 0.3 is 24.2 Å². The van der Waals surface area contributed by atoms with Gasteiger partial charge in [-0.1, -0.05) is 180 Å². The molecular formula is C78H84N14O12. The third-order valence-electron chi connectivity index (χ3n) is 19.8. The summed E-state index contributed by atoms with van der Waals surface area (Å²) >= 11 is 0. The second-order valence-electron chi connectivity index (χ2n) is 26.3. The van der Waals surface area contributed by atoms with E-state index in [-0.39, 0.29) is 76.6 Å². The molecular weight excluding hydrogens is 1320 g/mol. The Morgan fingerprint density at radius 3 is 1.20 bits per heavy atom. The van der Waals surface area contributed by atoms with E-state index in [1.54, 1.807) is 37.5 Å². The van der Waals surface area contributed by atoms with Crippen LogP contribution in [0.25, 0.3) is 22.3 Å². The number of carbonyl (C=O) groups is 6. The highest BCUT2D eigenvalue weighted by Crippen LogP contribution is 2.46. The van der Waals surface area contributed by atoms with Crippen molar-refractivity contribution >= 4 is 35.8 Å². The summed E-state index contributed by atoms with van der Waals surface area (Å²) in [6.45, 7) is 7.65. The number of hydrogen-bond acceptors (Lipinski definition) is 18. The predicted molar refractivity (Wildman–Crippen MR) is 381 cm³/mol. The van der Waals surface area contributed by atoms with Gasteiger partial charge in [0.1, 0.15) is 63.8 Å². The molecule has 6 amide bonds. The second-order valence-corrected chi connectivity index (χ2v) is 26.3. The van der Waals surface area contributed by atoms with Gasteiger partial charge in [0.2, 0.25) is 23.6 Å². The highest BCUT2D eigenvalue weighted by atomic mass is 16.6. The van der Waals surface area contributed by atoms with Crippen LogP contribution in [0.2, 0.25) is 0 Å². The van der Waals surface area contributed by atoms with E-state index in [1.807, 2.05) is 158 Å². The third-order valence-corrected chi connectivity index (χ3v) is 19.8. The zero-order valence-electron chi connectivity index (χ0n) is 58.9. The van der Waals surface area contributed by atoms with E-state index >= 15 is 0 Å². The summed E-state index contributed by atoms with van der Waals surface area (Å²) in [6, 6.07) is 46.1. The fourth-order valence-corrected chi connectivity index (χ4v) is 13.7. The zero-order chi connectivity index (χ0) is 72.6. The number of amides is 6. The number of nitrogens with one attached hydrogen (secondary N) is 2. The minimum absolute atomic E-state index is 0.0417. The Balaban J connectivity index is 0.697. The van der Waals surface area contributed by atoms with Gasteiger partial charge < -0.3 is 48.9 Å². The summed E-state index contributed by atoms with van der Waals surface area (Å²) in [6.07, 6.45) is -0.841. The summed E-state index contributed by atoms with van der Waals surface area (Å²) in [5.74, 6) is 8.75. The molecule has 4 heterocycles. The number of rotatable bonds is 28. The predicted octanol–water partition coefficient (Wildman–Crippen LogP) is 7.83. The Bertz CT molecular complexity index is 4100. The summed E-state index contributed by atoms with van der Waals surface area (Å²) in [4.78, 5) is 92.1. The molecule has 538 valence electrons. The number of nitrogens with zero attached hydrogens (tertiary/aromatic N) is 12. The van der Waals surface area contributed by atoms with Crippen molar-refractivity contribution in [3.05, 3.63) is 191 Å². The molecule has 2 aliphatic heterocycles. The lowest BCUT2D eigenvalue weighted by molar-refractivity contribution is -0.142. The maximum atomic E-state index is 15.0. The van der Waals surface area contributed by atoms with E-state index < -0.39 is 84.3 Å². The summed E-state index contributed by atoms with van der Waals surface area (Å²) < 4.78 is 39.3. The average molecular weight is 1410 g/mol. The summed E-state index contributed by atoms with van der Waals surface area (Å²) in [7, 11) is 2.95. The molecule has 2 aliphatic carbocycles. The highest BCUT2D eigenvalue weighted by Gasteiger charge is 2.42. The molecule has 2 saturated heterocycles. The van der Waals surface area contributed by atoms with Crippen LogP contribution in [0.4, 0.5) is 9.59 Å². The molecule has 0 saturated carbocycles. The van der Waals surface area contributed by atoms with Crippen LogP contribution in [-0.2, 0) is 64.4 Å². The van der Waals surface area contributed by atoms with Crippen LogP contribution in [0.1, 0.15) is 98.6 Å². The second kappa shape index (κ2) is 34.0. The molecule has 26 heteroatoms. The molecule has 2 N–H and O–H groups in total. The van der Waals surface area contributed by atoms with Gasteiger partial charge in [0, 0.05) is 39.0 Å². The van der Waals surface area contributed by atoms with Gasteiger partial charge in [-0.05, 0) is 142 Å². The summed E-state index contributed by atoms with van der Waals surface area (Å²) in [5, 5.41) is 30.1. The number of aromatic nitrogens is 8. The maximum Gasteiger partial charge on any atom is 0.410 e. The molecule has 0 bridgehead atoms. The SMILES string of the molecule is C[C@@H](OCC#CC#CCO[C@H](C)C(NC(=O)[C@H](C)N(C)C(=O)OCC1c2ccccc2-c2ccccc21)C(=O)N1CCC[C@H]1Cn1nnnc1OCc1ccccc1)C(NC(=O)[C@H](C)N(C)C(=O)OCC1c2ccccc2-c2ccccc21)C(=O)N1CCC[C@H]1Cn1nnnc1OCc1ccccc1. The van der Waals surface area contributed by atoms with E-state index in [0.29, 0.717) is 38.8 Å². The lowest BCUT2D eigenvalue weighted by atomic mass is 9.98. The largest absolute Gasteiger partial charge is 0.458 e. The van der Waals surface area contributed by atoms with E-state index in [4.69, 9.17) is 28.4 Å². The number of ether oxygens (including phenoxy) is 6. The minimum Gasteiger partial charge on any atom is -0.458 e. The van der Waals surface area contributed by atoms with Gasteiger partial charge in [0.05, 0.1) is 37.4 Å². The normalized spacial score (nSPS) is 16.6. The smallest absolute Gasteiger partial charge is 0.410 e. The van der Waals surface area contributed by atoms with Crippen LogP contribution in [0.3, 0.4) is 0 Å². The van der Waals surface area contributed by atoms with Gasteiger partial charge in [0.25, 0.3) is 0 Å². The van der Waals surface area contributed by atoms with Crippen LogP contribution in [0.15, 0.2) is 158 Å². The van der Waals surface area contributed by atoms with E-state index in [9.17, 15) is 28.8 Å². The van der Waals surface area contributed by atoms with Gasteiger partial charge in [0.15, 0.2) is 0 Å². The molecule has 2 unspecified atom stereocenters. The number of fused-ring (bicyclic) bond motifs is 6. The van der Waals surface area contributed by atoms with Crippen molar-refractivity contribution < 1.29 is 57.2 Å². The maximum absolute atomic E-state index is 15.0. The zero-order valence-corrected chi connectivity index (χ0v) is 58.9. The number of carbonyl (C=O) groups excluding carboxylic acids is 6. The lowest BCUT2D eigenvalue weighted by Crippen LogP contribution is -2.58. The lowest BCUT2D eigenvalue weighted by Gasteiger charge is -2.33. The van der Waals surface area contributed by atoms with Gasteiger partial charge in [-0.25, -0.2) is 9.59 Å². The van der Waals surface area contributed by atoms with Gasteiger partial charge in [-0.3, -0.25) is 29.0 Å². The van der Waals surface area contributed by atoms with Crippen LogP contribution in [0.5, 0.6) is 12.0 Å². The van der Waals surface area contributed by atoms with Crippen molar-refractivity contribution in [3.63, 3.8) is 0 Å². The van der Waals surface area contributed by atoms with Crippen molar-refractivity contribution in [2.75, 3.05) is 53.6 Å². The Labute approximate surface area is 603 Å². The van der Waals surface area contributed by atoms with E-state index in [1.165, 1.54) is 33.3 Å². The first-order chi connectivity index (χ1) is 50.6. The standard InChI is InChI=1S/C78H84N14O12/c1-51(87(5)77(97)103-49-67-63-37-19-15-33-59(63)60-34-16-20-38-64(60)67)71(93)79-69(73(95)89-41-25-31-57(89)45-91-75(81-83-85-91)101-47-55-27-11-9-12-28-55)53(3)99-43-23-7-8-24-44-100-54(4)70(74(96)90-42-26-32-58(90)46-92-76(82-84-86-92)102-48-56-29-13-10-14-30-56)80-72(94)52(2)88(6)78(98)104-50-68-65-39-21-17-35-61(65)62-36-18-22-40-66(62)68/h9-22,27-30,33-40,51-54,57-58,67-70H,25-26,31-32,41-50H2,1-6H3,(H,79,93)(H,80,94)/t51-,52-,53+,54+,57-,58-,69?,70?/m0/s1. The first-order valence-corrected chi connectivity index (χ1v) is 35.0. The quantitative estimate of drug-likeness (QED) is 0.0442. The monoisotopic (exact) mass is 1410 g/mol. The number of hydrogen-bond donors (Lipinski definition) is 2. The number of tetrazole rings is 2. The molecule has 26 nitrogen and oxygen atoms in total. The van der Waals surface area contributed by atoms with E-state index in [0.717, 1.165) is 55.6 Å². The molecule has 104 heavy (non-hydrogen) atoms. The van der Waals surface area contributed by atoms with Crippen molar-refractivity contribution in [3.8, 4) is 58.0 Å². The van der Waals surface area contributed by atoms with E-state index in [2.05, 4.69) is 65.4 Å². The van der Waals surface area contributed by atoms with Gasteiger partial charge in [-0.15, -0.1) is 0 Å². The minimum atomic E-state index is -1.26. The topological polar surface area (TPSA) is 282 Å². The molecule has 6 aromatic carbocycles. The Kier molecular flexibility index (Phi) is 23.6. The third kappa shape index (κ3) is 16.8. The van der Waals surface area contributed by atoms with Crippen LogP contribution in [0, 0.1) is 23.7 Å². The van der Waals surface area contributed by atoms with Crippen molar-refractivity contribution in [1.29, 1.82) is 0 Å². The first kappa shape index (κ1) is 72.3. The van der Waals surface area contributed by atoms with Crippen LogP contribution < -0.4 is 20.1 Å². The van der Waals surface area contributed by atoms with Crippen molar-refractivity contribution in [1.82, 2.24) is 70.6 Å². The molecule has 8 aromatic rings. The number of benzene rings is 6. The van der Waals surface area contributed by atoms with Crippen LogP contribution in [-0.4, -0.2) is 198 Å². The fraction of sp³-hybridized carbons (Fsp3) is 0.385.